The second-order valence-electron chi connectivity index (χ2n) is 3.73. The average Bonchev–Trinajstić information content (AvgIpc) is 2.28. The van der Waals surface area contributed by atoms with Crippen molar-refractivity contribution in [2.75, 3.05) is 24.3 Å². The third-order valence-electron chi connectivity index (χ3n) is 2.56. The first-order valence-corrected chi connectivity index (χ1v) is 5.53. The van der Waals surface area contributed by atoms with Crippen LogP contribution in [0.3, 0.4) is 0 Å². The van der Waals surface area contributed by atoms with E-state index < -0.39 is 0 Å². The molecule has 0 saturated carbocycles. The van der Waals surface area contributed by atoms with Gasteiger partial charge in [-0.15, -0.1) is 0 Å². The molecule has 0 radical (unpaired) electrons. The Labute approximate surface area is 100 Å². The normalized spacial score (nSPS) is 14.3. The van der Waals surface area contributed by atoms with Gasteiger partial charge in [-0.05, 0) is 12.8 Å². The maximum Gasteiger partial charge on any atom is 0.157 e. The molecular weight excluding hydrogens is 228 g/mol. The third kappa shape index (κ3) is 2.96. The number of aromatic nitrogens is 2. The molecule has 0 fully saturated rings. The lowest BCUT2D eigenvalue weighted by atomic mass is 10.1. The van der Waals surface area contributed by atoms with E-state index in [4.69, 9.17) is 16.7 Å². The summed E-state index contributed by atoms with van der Waals surface area (Å²) in [6.45, 7) is 4.07. The Kier molecular flexibility index (Phi) is 4.76. The summed E-state index contributed by atoms with van der Waals surface area (Å²) >= 11 is 5.92. The highest BCUT2D eigenvalue weighted by atomic mass is 35.5. The standard InChI is InChI=1S/C10H17ClN4O/c1-6(4-16)7(2)15-10-8(12-3)9(11)13-5-14-10/h5-7,12,16H,4H2,1-3H3,(H,13,14,15). The minimum Gasteiger partial charge on any atom is -0.396 e. The number of nitrogens with zero attached hydrogens (tertiary/aromatic N) is 2. The number of aliphatic hydroxyl groups is 1. The highest BCUT2D eigenvalue weighted by Gasteiger charge is 2.14. The maximum absolute atomic E-state index is 9.05. The molecule has 1 aromatic rings. The molecule has 1 aromatic heterocycles. The Morgan fingerprint density at radius 3 is 2.69 bits per heavy atom. The van der Waals surface area contributed by atoms with Gasteiger partial charge in [0.1, 0.15) is 12.0 Å². The van der Waals surface area contributed by atoms with Crippen LogP contribution in [0.5, 0.6) is 0 Å². The van der Waals surface area contributed by atoms with E-state index in [0.717, 1.165) is 0 Å². The van der Waals surface area contributed by atoms with Gasteiger partial charge < -0.3 is 15.7 Å². The Morgan fingerprint density at radius 1 is 1.44 bits per heavy atom. The van der Waals surface area contributed by atoms with Crippen LogP contribution in [0, 0.1) is 5.92 Å². The van der Waals surface area contributed by atoms with Crippen LogP contribution in [0.1, 0.15) is 13.8 Å². The number of halogens is 1. The van der Waals surface area contributed by atoms with Crippen molar-refractivity contribution in [2.45, 2.75) is 19.9 Å². The van der Waals surface area contributed by atoms with Crippen molar-refractivity contribution in [3.63, 3.8) is 0 Å². The van der Waals surface area contributed by atoms with Crippen LogP contribution in [-0.2, 0) is 0 Å². The predicted molar refractivity (Wildman–Crippen MR) is 65.9 cm³/mol. The molecule has 90 valence electrons. The van der Waals surface area contributed by atoms with E-state index in [9.17, 15) is 0 Å². The molecule has 2 atom stereocenters. The second kappa shape index (κ2) is 5.86. The van der Waals surface area contributed by atoms with Crippen molar-refractivity contribution in [3.8, 4) is 0 Å². The lowest BCUT2D eigenvalue weighted by molar-refractivity contribution is 0.226. The van der Waals surface area contributed by atoms with Gasteiger partial charge >= 0.3 is 0 Å². The Bertz CT molecular complexity index is 348. The van der Waals surface area contributed by atoms with Crippen LogP contribution < -0.4 is 10.6 Å². The zero-order valence-electron chi connectivity index (χ0n) is 9.66. The molecule has 0 bridgehead atoms. The van der Waals surface area contributed by atoms with Crippen molar-refractivity contribution in [3.05, 3.63) is 11.5 Å². The van der Waals surface area contributed by atoms with Crippen molar-refractivity contribution >= 4 is 23.1 Å². The van der Waals surface area contributed by atoms with Gasteiger partial charge in [-0.2, -0.15) is 0 Å². The molecule has 0 aliphatic rings. The van der Waals surface area contributed by atoms with Gasteiger partial charge in [0.25, 0.3) is 0 Å². The minimum absolute atomic E-state index is 0.100. The fourth-order valence-corrected chi connectivity index (χ4v) is 1.44. The molecule has 5 nitrogen and oxygen atoms in total. The molecule has 1 rings (SSSR count). The largest absolute Gasteiger partial charge is 0.396 e. The zero-order chi connectivity index (χ0) is 12.1. The highest BCUT2D eigenvalue weighted by Crippen LogP contribution is 2.26. The summed E-state index contributed by atoms with van der Waals surface area (Å²) < 4.78 is 0. The molecule has 0 aliphatic heterocycles. The van der Waals surface area contributed by atoms with Crippen LogP contribution in [0.4, 0.5) is 11.5 Å². The Balaban J connectivity index is 2.84. The van der Waals surface area contributed by atoms with E-state index in [1.165, 1.54) is 6.33 Å². The van der Waals surface area contributed by atoms with E-state index in [-0.39, 0.29) is 18.6 Å². The molecule has 0 spiro atoms. The molecule has 3 N–H and O–H groups in total. The van der Waals surface area contributed by atoms with Gasteiger partial charge in [0, 0.05) is 19.7 Å². The van der Waals surface area contributed by atoms with E-state index in [1.807, 2.05) is 13.8 Å². The van der Waals surface area contributed by atoms with Gasteiger partial charge in [-0.3, -0.25) is 0 Å². The number of aliphatic hydroxyl groups excluding tert-OH is 1. The molecule has 0 amide bonds. The number of rotatable bonds is 5. The van der Waals surface area contributed by atoms with E-state index in [2.05, 4.69) is 20.6 Å². The predicted octanol–water partition coefficient (Wildman–Crippen LogP) is 1.60. The Morgan fingerprint density at radius 2 is 2.12 bits per heavy atom. The average molecular weight is 245 g/mol. The summed E-state index contributed by atoms with van der Waals surface area (Å²) in [5, 5.41) is 15.6. The van der Waals surface area contributed by atoms with E-state index >= 15 is 0 Å². The first-order chi connectivity index (χ1) is 7.60. The second-order valence-corrected chi connectivity index (χ2v) is 4.09. The fraction of sp³-hybridized carbons (Fsp3) is 0.600. The quantitative estimate of drug-likeness (QED) is 0.687. The van der Waals surface area contributed by atoms with Crippen LogP contribution >= 0.6 is 11.6 Å². The highest BCUT2D eigenvalue weighted by molar-refractivity contribution is 6.32. The monoisotopic (exact) mass is 244 g/mol. The SMILES string of the molecule is CNc1c(Cl)ncnc1NC(C)C(C)CO. The first kappa shape index (κ1) is 13.0. The van der Waals surface area contributed by atoms with Crippen LogP contribution in [0.2, 0.25) is 5.15 Å². The number of hydrogen-bond acceptors (Lipinski definition) is 5. The summed E-state index contributed by atoms with van der Waals surface area (Å²) in [5.41, 5.74) is 0.668. The molecule has 16 heavy (non-hydrogen) atoms. The molecule has 2 unspecified atom stereocenters. The molecule has 0 aliphatic carbocycles. The first-order valence-electron chi connectivity index (χ1n) is 5.15. The summed E-state index contributed by atoms with van der Waals surface area (Å²) in [5.74, 6) is 0.786. The zero-order valence-corrected chi connectivity index (χ0v) is 10.4. The number of nitrogens with one attached hydrogen (secondary N) is 2. The van der Waals surface area contributed by atoms with Crippen LogP contribution in [-0.4, -0.2) is 34.8 Å². The van der Waals surface area contributed by atoms with E-state index in [1.54, 1.807) is 7.05 Å². The molecular formula is C10H17ClN4O. The van der Waals surface area contributed by atoms with Gasteiger partial charge in [0.2, 0.25) is 0 Å². The fourth-order valence-electron chi connectivity index (χ4n) is 1.21. The lowest BCUT2D eigenvalue weighted by Crippen LogP contribution is -2.27. The molecule has 6 heteroatoms. The topological polar surface area (TPSA) is 70.1 Å². The third-order valence-corrected chi connectivity index (χ3v) is 2.84. The van der Waals surface area contributed by atoms with Gasteiger partial charge in [0.05, 0.1) is 0 Å². The van der Waals surface area contributed by atoms with Crippen LogP contribution in [0.25, 0.3) is 0 Å². The van der Waals surface area contributed by atoms with Gasteiger partial charge in [-0.25, -0.2) is 9.97 Å². The lowest BCUT2D eigenvalue weighted by Gasteiger charge is -2.21. The van der Waals surface area contributed by atoms with Gasteiger partial charge in [-0.1, -0.05) is 18.5 Å². The van der Waals surface area contributed by atoms with E-state index in [0.29, 0.717) is 16.7 Å². The van der Waals surface area contributed by atoms with Gasteiger partial charge in [0.15, 0.2) is 11.0 Å². The molecule has 0 saturated heterocycles. The maximum atomic E-state index is 9.05. The van der Waals surface area contributed by atoms with Crippen molar-refractivity contribution < 1.29 is 5.11 Å². The summed E-state index contributed by atoms with van der Waals surface area (Å²) in [7, 11) is 1.76. The summed E-state index contributed by atoms with van der Waals surface area (Å²) in [4.78, 5) is 8.00. The summed E-state index contributed by atoms with van der Waals surface area (Å²) in [6, 6.07) is 0.100. The van der Waals surface area contributed by atoms with Crippen LogP contribution in [0.15, 0.2) is 6.33 Å². The van der Waals surface area contributed by atoms with Crippen molar-refractivity contribution in [1.82, 2.24) is 9.97 Å². The Hall–Kier alpha value is -1.07. The minimum atomic E-state index is 0.100. The van der Waals surface area contributed by atoms with Crippen molar-refractivity contribution in [1.29, 1.82) is 0 Å². The van der Waals surface area contributed by atoms with Crippen molar-refractivity contribution in [2.24, 2.45) is 5.92 Å². The smallest absolute Gasteiger partial charge is 0.157 e. The molecule has 0 aromatic carbocycles. The number of anilines is 2. The number of hydrogen-bond donors (Lipinski definition) is 3. The summed E-state index contributed by atoms with van der Waals surface area (Å²) in [6.07, 6.45) is 1.40. The molecule has 1 heterocycles.